The molecule has 20 heavy (non-hydrogen) atoms. The van der Waals surface area contributed by atoms with Crippen molar-refractivity contribution in [2.45, 2.75) is 5.60 Å². The van der Waals surface area contributed by atoms with Gasteiger partial charge in [0.25, 0.3) is 0 Å². The molecule has 0 aliphatic heterocycles. The molecule has 3 aromatic carbocycles. The molecule has 0 spiro atoms. The van der Waals surface area contributed by atoms with Gasteiger partial charge < -0.3 is 5.11 Å². The summed E-state index contributed by atoms with van der Waals surface area (Å²) in [5.74, 6) is 0. The zero-order chi connectivity index (χ0) is 14.0. The van der Waals surface area contributed by atoms with Gasteiger partial charge in [-0.3, -0.25) is 0 Å². The van der Waals surface area contributed by atoms with E-state index >= 15 is 0 Å². The van der Waals surface area contributed by atoms with Crippen LogP contribution in [0, 0.1) is 0 Å². The molecule has 0 saturated carbocycles. The van der Waals surface area contributed by atoms with Crippen molar-refractivity contribution < 1.29 is 5.11 Å². The number of benzene rings is 3. The molecule has 0 aliphatic rings. The summed E-state index contributed by atoms with van der Waals surface area (Å²) >= 11 is 3.46. The van der Waals surface area contributed by atoms with Gasteiger partial charge in [-0.1, -0.05) is 82.7 Å². The number of hydrogen-bond donors (Lipinski definition) is 1. The molecule has 0 bridgehead atoms. The molecule has 0 unspecified atom stereocenters. The van der Waals surface area contributed by atoms with E-state index in [0.717, 1.165) is 16.5 Å². The van der Waals surface area contributed by atoms with Gasteiger partial charge in [-0.2, -0.15) is 0 Å². The van der Waals surface area contributed by atoms with E-state index in [9.17, 15) is 5.11 Å². The van der Waals surface area contributed by atoms with E-state index in [0.29, 0.717) is 5.33 Å². The van der Waals surface area contributed by atoms with Crippen molar-refractivity contribution in [1.29, 1.82) is 0 Å². The molecular formula is C18H15BrO. The fraction of sp³-hybridized carbons (Fsp3) is 0.111. The average Bonchev–Trinajstić information content (AvgIpc) is 2.54. The molecule has 0 fully saturated rings. The highest BCUT2D eigenvalue weighted by molar-refractivity contribution is 9.09. The summed E-state index contributed by atoms with van der Waals surface area (Å²) in [5, 5.41) is 13.9. The fourth-order valence-electron chi connectivity index (χ4n) is 2.48. The number of aliphatic hydroxyl groups is 1. The van der Waals surface area contributed by atoms with Crippen LogP contribution in [0.1, 0.15) is 11.1 Å². The Bertz CT molecular complexity index is 724. The predicted molar refractivity (Wildman–Crippen MR) is 87.2 cm³/mol. The van der Waals surface area contributed by atoms with E-state index in [-0.39, 0.29) is 0 Å². The highest BCUT2D eigenvalue weighted by Gasteiger charge is 2.30. The molecule has 0 aliphatic carbocycles. The van der Waals surface area contributed by atoms with Crippen molar-refractivity contribution >= 4 is 26.7 Å². The third-order valence-electron chi connectivity index (χ3n) is 3.67. The maximum absolute atomic E-state index is 11.1. The lowest BCUT2D eigenvalue weighted by Crippen LogP contribution is -2.29. The van der Waals surface area contributed by atoms with E-state index in [2.05, 4.69) is 40.2 Å². The Labute approximate surface area is 127 Å². The van der Waals surface area contributed by atoms with Gasteiger partial charge in [-0.15, -0.1) is 0 Å². The number of hydrogen-bond acceptors (Lipinski definition) is 1. The molecule has 2 heteroatoms. The molecule has 0 saturated heterocycles. The van der Waals surface area contributed by atoms with Crippen LogP contribution < -0.4 is 0 Å². The lowest BCUT2D eigenvalue weighted by molar-refractivity contribution is 0.109. The minimum Gasteiger partial charge on any atom is -0.380 e. The van der Waals surface area contributed by atoms with Gasteiger partial charge in [0.2, 0.25) is 0 Å². The van der Waals surface area contributed by atoms with Crippen molar-refractivity contribution in [3.05, 3.63) is 83.9 Å². The summed E-state index contributed by atoms with van der Waals surface area (Å²) in [6.07, 6.45) is 0. The number of fused-ring (bicyclic) bond motifs is 1. The van der Waals surface area contributed by atoms with Gasteiger partial charge in [0.15, 0.2) is 0 Å². The first kappa shape index (κ1) is 13.3. The molecule has 0 amide bonds. The smallest absolute Gasteiger partial charge is 0.124 e. The summed E-state index contributed by atoms with van der Waals surface area (Å²) in [5.41, 5.74) is 0.789. The van der Waals surface area contributed by atoms with Crippen molar-refractivity contribution in [3.63, 3.8) is 0 Å². The Morgan fingerprint density at radius 3 is 2.10 bits per heavy atom. The first-order valence-electron chi connectivity index (χ1n) is 6.57. The van der Waals surface area contributed by atoms with Gasteiger partial charge in [0.1, 0.15) is 5.60 Å². The van der Waals surface area contributed by atoms with E-state index < -0.39 is 5.60 Å². The normalized spacial score (nSPS) is 14.1. The zero-order valence-corrected chi connectivity index (χ0v) is 12.5. The molecule has 1 nitrogen and oxygen atoms in total. The molecule has 1 N–H and O–H groups in total. The van der Waals surface area contributed by atoms with Crippen LogP contribution in [0.25, 0.3) is 10.8 Å². The highest BCUT2D eigenvalue weighted by atomic mass is 79.9. The summed E-state index contributed by atoms with van der Waals surface area (Å²) in [6, 6.07) is 24.1. The average molecular weight is 327 g/mol. The van der Waals surface area contributed by atoms with Crippen LogP contribution >= 0.6 is 15.9 Å². The third-order valence-corrected chi connectivity index (χ3v) is 4.48. The summed E-state index contributed by atoms with van der Waals surface area (Å²) < 4.78 is 0. The predicted octanol–water partition coefficient (Wildman–Crippen LogP) is 4.47. The Hall–Kier alpha value is -1.64. The minimum absolute atomic E-state index is 0.461. The molecule has 1 atom stereocenters. The minimum atomic E-state index is -1.01. The van der Waals surface area contributed by atoms with Crippen molar-refractivity contribution in [2.24, 2.45) is 0 Å². The zero-order valence-electron chi connectivity index (χ0n) is 11.0. The van der Waals surface area contributed by atoms with Gasteiger partial charge >= 0.3 is 0 Å². The van der Waals surface area contributed by atoms with E-state index in [1.165, 1.54) is 5.39 Å². The van der Waals surface area contributed by atoms with Gasteiger partial charge in [0.05, 0.1) is 0 Å². The van der Waals surface area contributed by atoms with Gasteiger partial charge in [-0.05, 0) is 28.0 Å². The molecule has 0 heterocycles. The molecule has 0 aromatic heterocycles. The Morgan fingerprint density at radius 1 is 0.750 bits per heavy atom. The van der Waals surface area contributed by atoms with Crippen LogP contribution in [0.15, 0.2) is 72.8 Å². The van der Waals surface area contributed by atoms with E-state index in [4.69, 9.17) is 0 Å². The summed E-state index contributed by atoms with van der Waals surface area (Å²) in [7, 11) is 0. The van der Waals surface area contributed by atoms with Gasteiger partial charge in [-0.25, -0.2) is 0 Å². The Morgan fingerprint density at radius 2 is 1.40 bits per heavy atom. The van der Waals surface area contributed by atoms with Crippen LogP contribution in [0.3, 0.4) is 0 Å². The first-order valence-corrected chi connectivity index (χ1v) is 7.69. The van der Waals surface area contributed by atoms with Gasteiger partial charge in [0, 0.05) is 5.33 Å². The van der Waals surface area contributed by atoms with E-state index in [1.54, 1.807) is 0 Å². The Balaban J connectivity index is 2.16. The molecular weight excluding hydrogens is 312 g/mol. The van der Waals surface area contributed by atoms with E-state index in [1.807, 2.05) is 48.5 Å². The Kier molecular flexibility index (Phi) is 3.60. The van der Waals surface area contributed by atoms with Crippen molar-refractivity contribution in [3.8, 4) is 0 Å². The van der Waals surface area contributed by atoms with Crippen molar-refractivity contribution in [2.75, 3.05) is 5.33 Å². The van der Waals surface area contributed by atoms with Crippen LogP contribution in [0.5, 0.6) is 0 Å². The largest absolute Gasteiger partial charge is 0.380 e. The lowest BCUT2D eigenvalue weighted by atomic mass is 9.87. The molecule has 3 aromatic rings. The van der Waals surface area contributed by atoms with Crippen LogP contribution in [-0.4, -0.2) is 10.4 Å². The maximum atomic E-state index is 11.1. The SMILES string of the molecule is O[C@](CBr)(c1ccccc1)c1ccc2ccccc2c1. The second-order valence-corrected chi connectivity index (χ2v) is 5.48. The maximum Gasteiger partial charge on any atom is 0.124 e. The quantitative estimate of drug-likeness (QED) is 0.704. The number of halogens is 1. The van der Waals surface area contributed by atoms with Crippen LogP contribution in [-0.2, 0) is 5.60 Å². The first-order chi connectivity index (χ1) is 9.74. The highest BCUT2D eigenvalue weighted by Crippen LogP contribution is 2.33. The fourth-order valence-corrected chi connectivity index (χ4v) is 3.13. The molecule has 3 rings (SSSR count). The molecule has 100 valence electrons. The third kappa shape index (κ3) is 2.26. The monoisotopic (exact) mass is 326 g/mol. The van der Waals surface area contributed by atoms with Crippen molar-refractivity contribution in [1.82, 2.24) is 0 Å². The number of alkyl halides is 1. The topological polar surface area (TPSA) is 20.2 Å². The molecule has 0 radical (unpaired) electrons. The second-order valence-electron chi connectivity index (χ2n) is 4.92. The second kappa shape index (κ2) is 5.39. The van der Waals surface area contributed by atoms with Crippen LogP contribution in [0.2, 0.25) is 0 Å². The lowest BCUT2D eigenvalue weighted by Gasteiger charge is -2.27. The summed E-state index contributed by atoms with van der Waals surface area (Å²) in [6.45, 7) is 0. The van der Waals surface area contributed by atoms with Crippen LogP contribution in [0.4, 0.5) is 0 Å². The number of rotatable bonds is 3. The standard InChI is InChI=1S/C18H15BrO/c19-13-18(20,16-8-2-1-3-9-16)17-11-10-14-6-4-5-7-15(14)12-17/h1-12,20H,13H2/t18-/m1/s1. The summed E-state index contributed by atoms with van der Waals surface area (Å²) in [4.78, 5) is 0.